The number of hydrogen-bond donors (Lipinski definition) is 2. The molecule has 0 aromatic carbocycles. The van der Waals surface area contributed by atoms with E-state index in [1.54, 1.807) is 0 Å². The van der Waals surface area contributed by atoms with Gasteiger partial charge in [-0.15, -0.1) is 13.2 Å². The molecule has 0 aliphatic heterocycles. The van der Waals surface area contributed by atoms with Crippen LogP contribution in [-0.4, -0.2) is 23.2 Å². The van der Waals surface area contributed by atoms with Gasteiger partial charge in [0.15, 0.2) is 0 Å². The summed E-state index contributed by atoms with van der Waals surface area (Å²) in [5.41, 5.74) is 0.138. The van der Waals surface area contributed by atoms with Crippen LogP contribution < -0.4 is 10.6 Å². The monoisotopic (exact) mass is 224 g/mol. The zero-order valence-electron chi connectivity index (χ0n) is 11.7. The molecule has 0 spiro atoms. The van der Waals surface area contributed by atoms with E-state index in [0.717, 1.165) is 0 Å². The predicted octanol–water partition coefficient (Wildman–Crippen LogP) is 2.87. The molecule has 0 radical (unpaired) electrons. The van der Waals surface area contributed by atoms with E-state index in [-0.39, 0.29) is 23.2 Å². The van der Waals surface area contributed by atoms with Gasteiger partial charge in [-0.3, -0.25) is 0 Å². The highest BCUT2D eigenvalue weighted by Gasteiger charge is 2.24. The van der Waals surface area contributed by atoms with Crippen molar-refractivity contribution in [3.63, 3.8) is 0 Å². The van der Waals surface area contributed by atoms with Crippen LogP contribution in [0.5, 0.6) is 0 Å². The third-order valence-electron chi connectivity index (χ3n) is 2.09. The highest BCUT2D eigenvalue weighted by molar-refractivity contribution is 5.06. The number of rotatable bonds is 5. The molecule has 0 aliphatic carbocycles. The molecular formula is C14H28N2. The van der Waals surface area contributed by atoms with Crippen LogP contribution >= 0.6 is 0 Å². The summed E-state index contributed by atoms with van der Waals surface area (Å²) in [6.07, 6.45) is 3.88. The van der Waals surface area contributed by atoms with Crippen LogP contribution in [-0.2, 0) is 0 Å². The first-order chi connectivity index (χ1) is 7.09. The molecule has 0 aromatic heterocycles. The number of hydrogen-bond acceptors (Lipinski definition) is 2. The molecule has 0 fully saturated rings. The molecule has 16 heavy (non-hydrogen) atoms. The molecule has 2 heteroatoms. The first kappa shape index (κ1) is 15.4. The van der Waals surface area contributed by atoms with Gasteiger partial charge in [0.1, 0.15) is 0 Å². The van der Waals surface area contributed by atoms with Gasteiger partial charge in [0.2, 0.25) is 0 Å². The van der Waals surface area contributed by atoms with Gasteiger partial charge >= 0.3 is 0 Å². The molecule has 94 valence electrons. The summed E-state index contributed by atoms with van der Waals surface area (Å²) in [5, 5.41) is 7.06. The van der Waals surface area contributed by atoms with E-state index >= 15 is 0 Å². The lowest BCUT2D eigenvalue weighted by molar-refractivity contribution is 0.311. The van der Waals surface area contributed by atoms with Crippen LogP contribution in [0.2, 0.25) is 0 Å². The van der Waals surface area contributed by atoms with Crippen molar-refractivity contribution in [3.8, 4) is 0 Å². The fraction of sp³-hybridized carbons (Fsp3) is 0.714. The summed E-state index contributed by atoms with van der Waals surface area (Å²) in [7, 11) is 0. The summed E-state index contributed by atoms with van der Waals surface area (Å²) >= 11 is 0. The molecule has 0 bridgehead atoms. The lowest BCUT2D eigenvalue weighted by Crippen LogP contribution is -2.56. The van der Waals surface area contributed by atoms with E-state index in [4.69, 9.17) is 0 Å². The maximum Gasteiger partial charge on any atom is 0.0443 e. The van der Waals surface area contributed by atoms with Crippen molar-refractivity contribution in [1.82, 2.24) is 10.6 Å². The Morgan fingerprint density at radius 3 is 1.12 bits per heavy atom. The summed E-state index contributed by atoms with van der Waals surface area (Å²) in [6.45, 7) is 20.7. The van der Waals surface area contributed by atoms with E-state index in [9.17, 15) is 0 Å². The van der Waals surface area contributed by atoms with Crippen molar-refractivity contribution in [2.45, 2.75) is 64.7 Å². The van der Waals surface area contributed by atoms with Crippen molar-refractivity contribution < 1.29 is 0 Å². The molecule has 2 atom stereocenters. The Hall–Kier alpha value is -0.600. The molecule has 0 amide bonds. The smallest absolute Gasteiger partial charge is 0.0443 e. The summed E-state index contributed by atoms with van der Waals surface area (Å²) in [6, 6.07) is 0.383. The fourth-order valence-corrected chi connectivity index (χ4v) is 1.59. The molecule has 0 saturated carbocycles. The highest BCUT2D eigenvalue weighted by Crippen LogP contribution is 2.09. The lowest BCUT2D eigenvalue weighted by atomic mass is 9.99. The van der Waals surface area contributed by atoms with E-state index in [1.165, 1.54) is 0 Å². The van der Waals surface area contributed by atoms with Crippen LogP contribution in [0, 0.1) is 0 Å². The van der Waals surface area contributed by atoms with Gasteiger partial charge < -0.3 is 10.6 Å². The SMILES string of the molecule is C=CC(NC(C)(C)C)C(C=C)NC(C)(C)C. The molecule has 0 aliphatic rings. The van der Waals surface area contributed by atoms with E-state index in [2.05, 4.69) is 65.3 Å². The molecule has 2 nitrogen and oxygen atoms in total. The molecule has 0 heterocycles. The minimum absolute atomic E-state index is 0.0691. The van der Waals surface area contributed by atoms with Crippen molar-refractivity contribution in [3.05, 3.63) is 25.3 Å². The Kier molecular flexibility index (Phi) is 5.43. The van der Waals surface area contributed by atoms with Gasteiger partial charge in [-0.05, 0) is 41.5 Å². The predicted molar refractivity (Wildman–Crippen MR) is 73.7 cm³/mol. The third kappa shape index (κ3) is 6.81. The molecule has 0 aromatic rings. The first-order valence-electron chi connectivity index (χ1n) is 5.89. The third-order valence-corrected chi connectivity index (χ3v) is 2.09. The average Bonchev–Trinajstić information content (AvgIpc) is 2.07. The minimum Gasteiger partial charge on any atom is -0.304 e. The van der Waals surface area contributed by atoms with Crippen molar-refractivity contribution >= 4 is 0 Å². The Morgan fingerprint density at radius 1 is 0.750 bits per heavy atom. The van der Waals surface area contributed by atoms with E-state index in [0.29, 0.717) is 0 Å². The molecular weight excluding hydrogens is 196 g/mol. The molecule has 0 rings (SSSR count). The Morgan fingerprint density at radius 2 is 1.00 bits per heavy atom. The highest BCUT2D eigenvalue weighted by atomic mass is 15.1. The van der Waals surface area contributed by atoms with Gasteiger partial charge in [0.25, 0.3) is 0 Å². The van der Waals surface area contributed by atoms with Crippen molar-refractivity contribution in [2.75, 3.05) is 0 Å². The zero-order valence-corrected chi connectivity index (χ0v) is 11.7. The van der Waals surface area contributed by atoms with E-state index < -0.39 is 0 Å². The number of nitrogens with one attached hydrogen (secondary N) is 2. The van der Waals surface area contributed by atoms with Gasteiger partial charge in [-0.1, -0.05) is 12.2 Å². The Bertz CT molecular complexity index is 204. The normalized spacial score (nSPS) is 16.6. The van der Waals surface area contributed by atoms with Gasteiger partial charge in [-0.25, -0.2) is 0 Å². The Balaban J connectivity index is 4.64. The molecule has 0 saturated heterocycles. The zero-order chi connectivity index (χ0) is 13.0. The van der Waals surface area contributed by atoms with Crippen LogP contribution in [0.15, 0.2) is 25.3 Å². The summed E-state index contributed by atoms with van der Waals surface area (Å²) in [5.74, 6) is 0. The maximum absolute atomic E-state index is 3.89. The van der Waals surface area contributed by atoms with Gasteiger partial charge in [-0.2, -0.15) is 0 Å². The van der Waals surface area contributed by atoms with Crippen LogP contribution in [0.4, 0.5) is 0 Å². The summed E-state index contributed by atoms with van der Waals surface area (Å²) < 4.78 is 0. The van der Waals surface area contributed by atoms with Crippen molar-refractivity contribution in [2.24, 2.45) is 0 Å². The maximum atomic E-state index is 3.89. The second-order valence-electron chi connectivity index (χ2n) is 6.31. The van der Waals surface area contributed by atoms with Crippen LogP contribution in [0.3, 0.4) is 0 Å². The Labute approximate surface area is 101 Å². The molecule has 2 unspecified atom stereocenters. The van der Waals surface area contributed by atoms with E-state index in [1.807, 2.05) is 12.2 Å². The van der Waals surface area contributed by atoms with Crippen LogP contribution in [0.25, 0.3) is 0 Å². The second kappa shape index (κ2) is 5.65. The lowest BCUT2D eigenvalue weighted by Gasteiger charge is -2.35. The first-order valence-corrected chi connectivity index (χ1v) is 5.89. The topological polar surface area (TPSA) is 24.1 Å². The quantitative estimate of drug-likeness (QED) is 0.702. The molecule has 2 N–H and O–H groups in total. The van der Waals surface area contributed by atoms with Gasteiger partial charge in [0.05, 0.1) is 0 Å². The average molecular weight is 224 g/mol. The standard InChI is InChI=1S/C14H28N2/c1-9-11(15-13(3,4)5)12(10-2)16-14(6,7)8/h9-12,15-16H,1-2H2,3-8H3. The fourth-order valence-electron chi connectivity index (χ4n) is 1.59. The second-order valence-corrected chi connectivity index (χ2v) is 6.31. The van der Waals surface area contributed by atoms with Crippen LogP contribution in [0.1, 0.15) is 41.5 Å². The minimum atomic E-state index is 0.0691. The largest absolute Gasteiger partial charge is 0.304 e. The summed E-state index contributed by atoms with van der Waals surface area (Å²) in [4.78, 5) is 0. The van der Waals surface area contributed by atoms with Gasteiger partial charge in [0, 0.05) is 23.2 Å². The van der Waals surface area contributed by atoms with Crippen molar-refractivity contribution in [1.29, 1.82) is 0 Å².